The van der Waals surface area contributed by atoms with Crippen LogP contribution >= 0.6 is 0 Å². The minimum atomic E-state index is 0.0788. The molecule has 1 fully saturated rings. The highest BCUT2D eigenvalue weighted by atomic mass is 16.1. The van der Waals surface area contributed by atoms with Gasteiger partial charge in [-0.05, 0) is 31.7 Å². The van der Waals surface area contributed by atoms with Gasteiger partial charge in [-0.2, -0.15) is 0 Å². The third-order valence-corrected chi connectivity index (χ3v) is 2.80. The summed E-state index contributed by atoms with van der Waals surface area (Å²) in [5.74, 6) is 0.183. The maximum Gasteiger partial charge on any atom is 0.220 e. The Morgan fingerprint density at radius 2 is 2.13 bits per heavy atom. The number of carbonyl (C=O) groups excluding carboxylic acids is 1. The van der Waals surface area contributed by atoms with E-state index in [0.717, 1.165) is 19.4 Å². The van der Waals surface area contributed by atoms with Crippen LogP contribution < -0.4 is 10.6 Å². The maximum atomic E-state index is 11.7. The van der Waals surface area contributed by atoms with Gasteiger partial charge >= 0.3 is 0 Å². The van der Waals surface area contributed by atoms with Gasteiger partial charge in [0.25, 0.3) is 0 Å². The van der Waals surface area contributed by atoms with E-state index < -0.39 is 0 Å². The van der Waals surface area contributed by atoms with Gasteiger partial charge in [0.15, 0.2) is 0 Å². The standard InChI is InChI=1S/C12H24N2O/c1-9-10(6-5-7-13-9)14-11(15)8-12(2,3)4/h9-10,13H,5-8H2,1-4H3,(H,14,15). The largest absolute Gasteiger partial charge is 0.352 e. The number of rotatable bonds is 2. The predicted molar refractivity (Wildman–Crippen MR) is 62.7 cm³/mol. The van der Waals surface area contributed by atoms with Gasteiger partial charge in [-0.3, -0.25) is 4.79 Å². The van der Waals surface area contributed by atoms with Gasteiger partial charge in [0, 0.05) is 18.5 Å². The number of hydrogen-bond donors (Lipinski definition) is 2. The van der Waals surface area contributed by atoms with Gasteiger partial charge in [-0.25, -0.2) is 0 Å². The Kier molecular flexibility index (Phi) is 4.14. The first-order valence-electron chi connectivity index (χ1n) is 5.91. The van der Waals surface area contributed by atoms with Crippen molar-refractivity contribution in [3.05, 3.63) is 0 Å². The maximum absolute atomic E-state index is 11.7. The molecule has 1 aliphatic rings. The van der Waals surface area contributed by atoms with E-state index in [1.165, 1.54) is 0 Å². The SMILES string of the molecule is CC1NCCCC1NC(=O)CC(C)(C)C. The molecule has 15 heavy (non-hydrogen) atoms. The zero-order valence-electron chi connectivity index (χ0n) is 10.4. The lowest BCUT2D eigenvalue weighted by atomic mass is 9.91. The number of carbonyl (C=O) groups is 1. The summed E-state index contributed by atoms with van der Waals surface area (Å²) in [6, 6.07) is 0.719. The third-order valence-electron chi connectivity index (χ3n) is 2.80. The molecule has 3 heteroatoms. The summed E-state index contributed by atoms with van der Waals surface area (Å²) in [6.07, 6.45) is 2.87. The van der Waals surface area contributed by atoms with Crippen LogP contribution in [0.15, 0.2) is 0 Å². The lowest BCUT2D eigenvalue weighted by Crippen LogP contribution is -2.52. The van der Waals surface area contributed by atoms with Crippen LogP contribution in [0.4, 0.5) is 0 Å². The van der Waals surface area contributed by atoms with Crippen LogP contribution in [-0.4, -0.2) is 24.5 Å². The average molecular weight is 212 g/mol. The van der Waals surface area contributed by atoms with Gasteiger partial charge in [0.1, 0.15) is 0 Å². The molecule has 0 aromatic rings. The Bertz CT molecular complexity index is 220. The minimum Gasteiger partial charge on any atom is -0.352 e. The van der Waals surface area contributed by atoms with Gasteiger partial charge in [0.05, 0.1) is 0 Å². The molecule has 88 valence electrons. The van der Waals surface area contributed by atoms with Gasteiger partial charge < -0.3 is 10.6 Å². The van der Waals surface area contributed by atoms with Crippen LogP contribution in [0.5, 0.6) is 0 Å². The average Bonchev–Trinajstić information content (AvgIpc) is 2.05. The molecule has 0 saturated carbocycles. The van der Waals surface area contributed by atoms with E-state index in [1.54, 1.807) is 0 Å². The van der Waals surface area contributed by atoms with Gasteiger partial charge in [-0.15, -0.1) is 0 Å². The van der Waals surface area contributed by atoms with Crippen molar-refractivity contribution < 1.29 is 4.79 Å². The molecule has 0 aromatic heterocycles. The lowest BCUT2D eigenvalue weighted by molar-refractivity contribution is -0.123. The van der Waals surface area contributed by atoms with Crippen molar-refractivity contribution in [2.24, 2.45) is 5.41 Å². The van der Waals surface area contributed by atoms with Crippen LogP contribution in [0.2, 0.25) is 0 Å². The van der Waals surface area contributed by atoms with Crippen molar-refractivity contribution in [3.63, 3.8) is 0 Å². The minimum absolute atomic E-state index is 0.0788. The van der Waals surface area contributed by atoms with E-state index >= 15 is 0 Å². The van der Waals surface area contributed by atoms with Crippen molar-refractivity contribution in [1.82, 2.24) is 10.6 Å². The number of hydrogen-bond acceptors (Lipinski definition) is 2. The summed E-state index contributed by atoms with van der Waals surface area (Å²) >= 11 is 0. The molecule has 0 bridgehead atoms. The van der Waals surface area contributed by atoms with E-state index in [4.69, 9.17) is 0 Å². The fourth-order valence-corrected chi connectivity index (χ4v) is 1.98. The molecule has 0 spiro atoms. The van der Waals surface area contributed by atoms with E-state index in [0.29, 0.717) is 18.5 Å². The number of piperidine rings is 1. The lowest BCUT2D eigenvalue weighted by Gasteiger charge is -2.31. The molecule has 3 nitrogen and oxygen atoms in total. The van der Waals surface area contributed by atoms with Crippen molar-refractivity contribution in [1.29, 1.82) is 0 Å². The Morgan fingerprint density at radius 3 is 2.67 bits per heavy atom. The van der Waals surface area contributed by atoms with Crippen LogP contribution in [0.3, 0.4) is 0 Å². The summed E-state index contributed by atoms with van der Waals surface area (Å²) < 4.78 is 0. The smallest absolute Gasteiger partial charge is 0.220 e. The van der Waals surface area contributed by atoms with Crippen LogP contribution in [0, 0.1) is 5.41 Å². The molecule has 2 N–H and O–H groups in total. The second-order valence-electron chi connectivity index (χ2n) is 5.80. The molecule has 2 atom stereocenters. The Labute approximate surface area is 93.0 Å². The first-order valence-corrected chi connectivity index (χ1v) is 5.91. The van der Waals surface area contributed by atoms with Crippen molar-refractivity contribution in [2.45, 2.75) is 59.0 Å². The molecule has 0 aromatic carbocycles. The van der Waals surface area contributed by atoms with Crippen molar-refractivity contribution in [2.75, 3.05) is 6.54 Å². The number of amides is 1. The predicted octanol–water partition coefficient (Wildman–Crippen LogP) is 1.68. The summed E-state index contributed by atoms with van der Waals surface area (Å²) in [6.45, 7) is 9.49. The monoisotopic (exact) mass is 212 g/mol. The zero-order valence-corrected chi connectivity index (χ0v) is 10.4. The van der Waals surface area contributed by atoms with Crippen molar-refractivity contribution >= 4 is 5.91 Å². The highest BCUT2D eigenvalue weighted by Gasteiger charge is 2.24. The molecule has 0 aliphatic carbocycles. The molecule has 1 heterocycles. The molecular weight excluding hydrogens is 188 g/mol. The van der Waals surface area contributed by atoms with Crippen LogP contribution in [0.25, 0.3) is 0 Å². The number of nitrogens with one attached hydrogen (secondary N) is 2. The first kappa shape index (κ1) is 12.5. The van der Waals surface area contributed by atoms with E-state index in [2.05, 4.69) is 38.3 Å². The summed E-state index contributed by atoms with van der Waals surface area (Å²) in [4.78, 5) is 11.7. The molecular formula is C12H24N2O. The Morgan fingerprint density at radius 1 is 1.47 bits per heavy atom. The summed E-state index contributed by atoms with van der Waals surface area (Å²) in [5, 5.41) is 6.51. The second kappa shape index (κ2) is 4.97. The summed E-state index contributed by atoms with van der Waals surface area (Å²) in [5.41, 5.74) is 0.0788. The highest BCUT2D eigenvalue weighted by molar-refractivity contribution is 5.76. The molecule has 2 unspecified atom stereocenters. The van der Waals surface area contributed by atoms with E-state index in [-0.39, 0.29) is 11.3 Å². The fourth-order valence-electron chi connectivity index (χ4n) is 1.98. The fraction of sp³-hybridized carbons (Fsp3) is 0.917. The van der Waals surface area contributed by atoms with Gasteiger partial charge in [0.2, 0.25) is 5.91 Å². The van der Waals surface area contributed by atoms with E-state index in [9.17, 15) is 4.79 Å². The van der Waals surface area contributed by atoms with E-state index in [1.807, 2.05) is 0 Å². The highest BCUT2D eigenvalue weighted by Crippen LogP contribution is 2.18. The Hall–Kier alpha value is -0.570. The first-order chi connectivity index (χ1) is 6.88. The molecule has 1 rings (SSSR count). The molecule has 1 saturated heterocycles. The van der Waals surface area contributed by atoms with Crippen LogP contribution in [0.1, 0.15) is 47.0 Å². The molecule has 1 aliphatic heterocycles. The Balaban J connectivity index is 2.36. The topological polar surface area (TPSA) is 41.1 Å². The summed E-state index contributed by atoms with van der Waals surface area (Å²) in [7, 11) is 0. The quantitative estimate of drug-likeness (QED) is 0.731. The molecule has 0 radical (unpaired) electrons. The van der Waals surface area contributed by atoms with Crippen LogP contribution in [-0.2, 0) is 4.79 Å². The van der Waals surface area contributed by atoms with Crippen molar-refractivity contribution in [3.8, 4) is 0 Å². The van der Waals surface area contributed by atoms with Gasteiger partial charge in [-0.1, -0.05) is 20.8 Å². The zero-order chi connectivity index (χ0) is 11.5. The normalized spacial score (nSPS) is 27.5. The molecule has 1 amide bonds. The third kappa shape index (κ3) is 4.65. The second-order valence-corrected chi connectivity index (χ2v) is 5.80.